The van der Waals surface area contributed by atoms with E-state index < -0.39 is 6.04 Å². The molecule has 192 valence electrons. The van der Waals surface area contributed by atoms with Gasteiger partial charge in [-0.25, -0.2) is 0 Å². The van der Waals surface area contributed by atoms with Gasteiger partial charge in [0.15, 0.2) is 0 Å². The van der Waals surface area contributed by atoms with E-state index in [1.165, 1.54) is 9.80 Å². The van der Waals surface area contributed by atoms with Crippen LogP contribution in [0.4, 0.5) is 0 Å². The van der Waals surface area contributed by atoms with Gasteiger partial charge in [0, 0.05) is 41.2 Å². The lowest BCUT2D eigenvalue weighted by atomic mass is 10.1. The lowest BCUT2D eigenvalue weighted by molar-refractivity contribution is -0.141. The first-order valence-electron chi connectivity index (χ1n) is 12.2. The Bertz CT molecular complexity index is 1100. The molecule has 0 saturated heterocycles. The van der Waals surface area contributed by atoms with Gasteiger partial charge >= 0.3 is 0 Å². The predicted molar refractivity (Wildman–Crippen MR) is 140 cm³/mol. The quantitative estimate of drug-likeness (QED) is 0.409. The average Bonchev–Trinajstić information content (AvgIpc) is 3.10. The summed E-state index contributed by atoms with van der Waals surface area (Å²) in [5.41, 5.74) is 1.30. The summed E-state index contributed by atoms with van der Waals surface area (Å²) in [6.45, 7) is 5.89. The van der Waals surface area contributed by atoms with E-state index in [4.69, 9.17) is 23.2 Å². The summed E-state index contributed by atoms with van der Waals surface area (Å²) in [6.07, 6.45) is 1.46. The fourth-order valence-corrected chi connectivity index (χ4v) is 4.71. The summed E-state index contributed by atoms with van der Waals surface area (Å²) in [5, 5.41) is 3.77. The van der Waals surface area contributed by atoms with Crippen molar-refractivity contribution in [2.45, 2.75) is 65.1 Å². The number of carbonyl (C=O) groups excluding carboxylic acids is 4. The van der Waals surface area contributed by atoms with Crippen LogP contribution in [0.1, 0.15) is 72.7 Å². The number of halogens is 2. The van der Waals surface area contributed by atoms with Crippen molar-refractivity contribution in [1.29, 1.82) is 0 Å². The van der Waals surface area contributed by atoms with Crippen LogP contribution in [0, 0.1) is 0 Å². The number of rotatable bonds is 11. The Morgan fingerprint density at radius 3 is 2.06 bits per heavy atom. The standard InChI is InChI=1S/C27H31Cl2N3O4/c1-4-17(3)30-25(34)23(5-2)32(16-20-21(28)12-8-13-22(20)29)24(33)14-9-15-31-26(35)18-10-6-7-11-19(18)27(31)36/h6-8,10-13,17,23H,4-5,9,14-16H2,1-3H3,(H,30,34)/t17-,23+/m0/s1. The first kappa shape index (κ1) is 27.7. The first-order chi connectivity index (χ1) is 17.2. The van der Waals surface area contributed by atoms with Gasteiger partial charge < -0.3 is 10.2 Å². The van der Waals surface area contributed by atoms with Crippen molar-refractivity contribution in [3.8, 4) is 0 Å². The van der Waals surface area contributed by atoms with Crippen molar-refractivity contribution in [2.24, 2.45) is 0 Å². The highest BCUT2D eigenvalue weighted by Gasteiger charge is 2.35. The molecule has 1 aliphatic heterocycles. The fraction of sp³-hybridized carbons (Fsp3) is 0.407. The van der Waals surface area contributed by atoms with Crippen molar-refractivity contribution in [1.82, 2.24) is 15.1 Å². The Kier molecular flexibility index (Phi) is 9.51. The number of imide groups is 1. The number of fused-ring (bicyclic) bond motifs is 1. The van der Waals surface area contributed by atoms with E-state index in [1.54, 1.807) is 42.5 Å². The van der Waals surface area contributed by atoms with E-state index in [1.807, 2.05) is 20.8 Å². The zero-order valence-corrected chi connectivity index (χ0v) is 22.2. The number of amides is 4. The Balaban J connectivity index is 1.76. The summed E-state index contributed by atoms with van der Waals surface area (Å²) in [7, 11) is 0. The zero-order chi connectivity index (χ0) is 26.4. The molecule has 2 aromatic rings. The van der Waals surface area contributed by atoms with E-state index in [9.17, 15) is 19.2 Å². The van der Waals surface area contributed by atoms with Crippen LogP contribution in [0.15, 0.2) is 42.5 Å². The molecule has 7 nitrogen and oxygen atoms in total. The normalized spacial score (nSPS) is 14.4. The summed E-state index contributed by atoms with van der Waals surface area (Å²) in [6, 6.07) is 11.0. The van der Waals surface area contributed by atoms with Crippen molar-refractivity contribution in [3.05, 3.63) is 69.2 Å². The van der Waals surface area contributed by atoms with E-state index in [-0.39, 0.29) is 55.6 Å². The lowest BCUT2D eigenvalue weighted by Gasteiger charge is -2.32. The molecule has 0 spiro atoms. The molecule has 1 heterocycles. The molecule has 0 fully saturated rings. The predicted octanol–water partition coefficient (Wildman–Crippen LogP) is 5.09. The minimum absolute atomic E-state index is 0.0405. The summed E-state index contributed by atoms with van der Waals surface area (Å²) in [4.78, 5) is 54.5. The van der Waals surface area contributed by atoms with Gasteiger partial charge in [0.05, 0.1) is 11.1 Å². The first-order valence-corrected chi connectivity index (χ1v) is 12.9. The Labute approximate surface area is 221 Å². The summed E-state index contributed by atoms with van der Waals surface area (Å²) >= 11 is 12.7. The molecule has 0 saturated carbocycles. The molecule has 1 aliphatic rings. The second kappa shape index (κ2) is 12.4. The SMILES string of the molecule is CC[C@H](C(=O)N[C@@H](C)CC)N(Cc1c(Cl)cccc1Cl)C(=O)CCCN1C(=O)c2ccccc2C1=O. The largest absolute Gasteiger partial charge is 0.352 e. The highest BCUT2D eigenvalue weighted by molar-refractivity contribution is 6.36. The van der Waals surface area contributed by atoms with Gasteiger partial charge in [0.1, 0.15) is 6.04 Å². The smallest absolute Gasteiger partial charge is 0.261 e. The molecule has 9 heteroatoms. The third-order valence-electron chi connectivity index (χ3n) is 6.43. The maximum Gasteiger partial charge on any atom is 0.261 e. The maximum absolute atomic E-state index is 13.5. The molecule has 0 aliphatic carbocycles. The van der Waals surface area contributed by atoms with Crippen molar-refractivity contribution >= 4 is 46.8 Å². The summed E-state index contributed by atoms with van der Waals surface area (Å²) in [5.74, 6) is -1.25. The molecular weight excluding hydrogens is 501 g/mol. The van der Waals surface area contributed by atoms with Crippen LogP contribution >= 0.6 is 23.2 Å². The van der Waals surface area contributed by atoms with Crippen LogP contribution < -0.4 is 5.32 Å². The van der Waals surface area contributed by atoms with Gasteiger partial charge in [-0.1, -0.05) is 55.2 Å². The van der Waals surface area contributed by atoms with Crippen LogP contribution in [0.3, 0.4) is 0 Å². The number of nitrogens with zero attached hydrogens (tertiary/aromatic N) is 2. The van der Waals surface area contributed by atoms with Crippen LogP contribution in [0.25, 0.3) is 0 Å². The molecule has 1 N–H and O–H groups in total. The monoisotopic (exact) mass is 531 g/mol. The number of hydrogen-bond acceptors (Lipinski definition) is 4. The van der Waals surface area contributed by atoms with Crippen LogP contribution in [0.2, 0.25) is 10.0 Å². The minimum Gasteiger partial charge on any atom is -0.352 e. The molecule has 0 radical (unpaired) electrons. The average molecular weight is 532 g/mol. The number of hydrogen-bond donors (Lipinski definition) is 1. The van der Waals surface area contributed by atoms with E-state index >= 15 is 0 Å². The Morgan fingerprint density at radius 1 is 0.944 bits per heavy atom. The maximum atomic E-state index is 13.5. The van der Waals surface area contributed by atoms with Crippen molar-refractivity contribution < 1.29 is 19.2 Å². The van der Waals surface area contributed by atoms with Crippen LogP contribution in [-0.2, 0) is 16.1 Å². The minimum atomic E-state index is -0.724. The molecule has 36 heavy (non-hydrogen) atoms. The van der Waals surface area contributed by atoms with Crippen LogP contribution in [0.5, 0.6) is 0 Å². The highest BCUT2D eigenvalue weighted by atomic mass is 35.5. The Hall–Kier alpha value is -2.90. The number of carbonyl (C=O) groups is 4. The molecular formula is C27H31Cl2N3O4. The Morgan fingerprint density at radius 2 is 1.53 bits per heavy atom. The van der Waals surface area contributed by atoms with Gasteiger partial charge in [-0.2, -0.15) is 0 Å². The molecule has 0 unspecified atom stereocenters. The zero-order valence-electron chi connectivity index (χ0n) is 20.7. The molecule has 2 aromatic carbocycles. The van der Waals surface area contributed by atoms with Gasteiger partial charge in [0.2, 0.25) is 11.8 Å². The highest BCUT2D eigenvalue weighted by Crippen LogP contribution is 2.28. The van der Waals surface area contributed by atoms with E-state index in [0.29, 0.717) is 33.2 Å². The van der Waals surface area contributed by atoms with Crippen molar-refractivity contribution in [2.75, 3.05) is 6.54 Å². The van der Waals surface area contributed by atoms with Gasteiger partial charge in [-0.05, 0) is 50.5 Å². The number of nitrogens with one attached hydrogen (secondary N) is 1. The summed E-state index contributed by atoms with van der Waals surface area (Å²) < 4.78 is 0. The molecule has 3 rings (SSSR count). The van der Waals surface area contributed by atoms with Crippen LogP contribution in [-0.4, -0.2) is 52.1 Å². The van der Waals surface area contributed by atoms with Crippen molar-refractivity contribution in [3.63, 3.8) is 0 Å². The van der Waals surface area contributed by atoms with Gasteiger partial charge in [-0.15, -0.1) is 0 Å². The molecule has 4 amide bonds. The third-order valence-corrected chi connectivity index (χ3v) is 7.14. The topological polar surface area (TPSA) is 86.8 Å². The molecule has 0 aromatic heterocycles. The van der Waals surface area contributed by atoms with Gasteiger partial charge in [-0.3, -0.25) is 24.1 Å². The fourth-order valence-electron chi connectivity index (χ4n) is 4.19. The number of benzene rings is 2. The second-order valence-corrected chi connectivity index (χ2v) is 9.69. The van der Waals surface area contributed by atoms with E-state index in [2.05, 4.69) is 5.32 Å². The second-order valence-electron chi connectivity index (χ2n) is 8.87. The lowest BCUT2D eigenvalue weighted by Crippen LogP contribution is -2.50. The van der Waals surface area contributed by atoms with E-state index in [0.717, 1.165) is 6.42 Å². The third kappa shape index (κ3) is 6.08. The van der Waals surface area contributed by atoms with Gasteiger partial charge in [0.25, 0.3) is 11.8 Å². The molecule has 2 atom stereocenters. The molecule has 0 bridgehead atoms.